The number of hydrogen-bond donors (Lipinski definition) is 0. The van der Waals surface area contributed by atoms with Gasteiger partial charge < -0.3 is 0 Å². The maximum Gasteiger partial charge on any atom is 0.134 e. The van der Waals surface area contributed by atoms with E-state index in [2.05, 4.69) is 13.2 Å². The second-order valence-corrected chi connectivity index (χ2v) is 3.27. The summed E-state index contributed by atoms with van der Waals surface area (Å²) >= 11 is 0. The number of allylic oxidation sites excluding steroid dienone is 1. The topological polar surface area (TPSA) is 17.1 Å². The van der Waals surface area contributed by atoms with Crippen LogP contribution in [0.3, 0.4) is 0 Å². The van der Waals surface area contributed by atoms with E-state index in [1.807, 2.05) is 24.3 Å². The van der Waals surface area contributed by atoms with Crippen LogP contribution in [0.2, 0.25) is 0 Å². The van der Waals surface area contributed by atoms with Crippen LogP contribution < -0.4 is 10.4 Å². The van der Waals surface area contributed by atoms with Crippen LogP contribution in [-0.4, -0.2) is 5.78 Å². The Morgan fingerprint density at radius 2 is 2.21 bits per heavy atom. The minimum absolute atomic E-state index is 0.161. The van der Waals surface area contributed by atoms with Crippen molar-refractivity contribution in [1.29, 1.82) is 0 Å². The minimum atomic E-state index is 0.161. The molecule has 0 aliphatic carbocycles. The number of rotatable bonds is 3. The molecule has 0 unspecified atom stereocenters. The first-order valence-corrected chi connectivity index (χ1v) is 4.54. The zero-order valence-corrected chi connectivity index (χ0v) is 8.42. The van der Waals surface area contributed by atoms with E-state index < -0.39 is 0 Å². The molecule has 0 N–H and O–H groups in total. The predicted octanol–water partition coefficient (Wildman–Crippen LogP) is 1.19. The van der Waals surface area contributed by atoms with E-state index in [1.54, 1.807) is 13.0 Å². The van der Waals surface area contributed by atoms with Gasteiger partial charge in [-0.3, -0.25) is 4.79 Å². The molecule has 72 valence electrons. The van der Waals surface area contributed by atoms with Crippen molar-refractivity contribution in [3.63, 3.8) is 0 Å². The summed E-state index contributed by atoms with van der Waals surface area (Å²) in [5.41, 5.74) is 1.02. The lowest BCUT2D eigenvalue weighted by Gasteiger charge is -1.99. The van der Waals surface area contributed by atoms with Gasteiger partial charge in [-0.15, -0.1) is 0 Å². The molecule has 0 saturated heterocycles. The van der Waals surface area contributed by atoms with Crippen molar-refractivity contribution in [1.82, 2.24) is 0 Å². The van der Waals surface area contributed by atoms with Gasteiger partial charge >= 0.3 is 0 Å². The molecular formula is C13H14O. The van der Waals surface area contributed by atoms with Gasteiger partial charge in [0.05, 0.1) is 0 Å². The summed E-state index contributed by atoms with van der Waals surface area (Å²) in [5.74, 6) is 0.161. The highest BCUT2D eigenvalue weighted by Crippen LogP contribution is 1.91. The Bertz CT molecular complexity index is 455. The SMILES string of the molecule is C=C/C=c1/c(CC(C)=O)cccc1=C. The average molecular weight is 186 g/mol. The van der Waals surface area contributed by atoms with Crippen molar-refractivity contribution in [2.24, 2.45) is 0 Å². The Hall–Kier alpha value is -1.63. The van der Waals surface area contributed by atoms with Gasteiger partial charge in [-0.05, 0) is 22.9 Å². The van der Waals surface area contributed by atoms with Crippen LogP contribution in [0.4, 0.5) is 0 Å². The second-order valence-electron chi connectivity index (χ2n) is 3.27. The average Bonchev–Trinajstić information content (AvgIpc) is 2.10. The molecular weight excluding hydrogens is 172 g/mol. The molecule has 1 heteroatoms. The Kier molecular flexibility index (Phi) is 3.41. The van der Waals surface area contributed by atoms with Gasteiger partial charge in [0.15, 0.2) is 0 Å². The summed E-state index contributed by atoms with van der Waals surface area (Å²) in [6.45, 7) is 9.16. The quantitative estimate of drug-likeness (QED) is 0.693. The molecule has 0 aliphatic rings. The summed E-state index contributed by atoms with van der Waals surface area (Å²) in [4.78, 5) is 11.0. The molecule has 0 radical (unpaired) electrons. The standard InChI is InChI=1S/C13H14O/c1-4-6-13-10(2)7-5-8-12(13)9-11(3)14/h4-8H,1-2,9H2,3H3/b13-6+. The number of benzene rings is 1. The fourth-order valence-corrected chi connectivity index (χ4v) is 1.42. The van der Waals surface area contributed by atoms with E-state index in [0.29, 0.717) is 6.42 Å². The second kappa shape index (κ2) is 4.56. The fourth-order valence-electron chi connectivity index (χ4n) is 1.42. The molecule has 1 rings (SSSR count). The fraction of sp³-hybridized carbons (Fsp3) is 0.154. The molecule has 0 aromatic heterocycles. The van der Waals surface area contributed by atoms with E-state index in [0.717, 1.165) is 16.0 Å². The van der Waals surface area contributed by atoms with Crippen LogP contribution in [0.15, 0.2) is 30.9 Å². The molecule has 1 nitrogen and oxygen atoms in total. The predicted molar refractivity (Wildman–Crippen MR) is 60.3 cm³/mol. The smallest absolute Gasteiger partial charge is 0.134 e. The Morgan fingerprint density at radius 1 is 1.50 bits per heavy atom. The summed E-state index contributed by atoms with van der Waals surface area (Å²) in [6, 6.07) is 5.80. The molecule has 0 aliphatic heterocycles. The van der Waals surface area contributed by atoms with Crippen LogP contribution in [0, 0.1) is 0 Å². The zero-order valence-electron chi connectivity index (χ0n) is 8.42. The van der Waals surface area contributed by atoms with Gasteiger partial charge in [0, 0.05) is 6.42 Å². The third-order valence-electron chi connectivity index (χ3n) is 2.01. The van der Waals surface area contributed by atoms with Crippen molar-refractivity contribution in [2.45, 2.75) is 13.3 Å². The molecule has 0 spiro atoms. The van der Waals surface area contributed by atoms with Gasteiger partial charge in [0.2, 0.25) is 0 Å². The first-order chi connectivity index (χ1) is 6.65. The Morgan fingerprint density at radius 3 is 2.79 bits per heavy atom. The van der Waals surface area contributed by atoms with Crippen LogP contribution in [0.5, 0.6) is 0 Å². The van der Waals surface area contributed by atoms with Gasteiger partial charge in [-0.25, -0.2) is 0 Å². The van der Waals surface area contributed by atoms with Gasteiger partial charge in [-0.1, -0.05) is 43.5 Å². The highest BCUT2D eigenvalue weighted by Gasteiger charge is 1.98. The highest BCUT2D eigenvalue weighted by atomic mass is 16.1. The van der Waals surface area contributed by atoms with Crippen LogP contribution in [0.1, 0.15) is 12.5 Å². The summed E-state index contributed by atoms with van der Waals surface area (Å²) in [7, 11) is 0. The lowest BCUT2D eigenvalue weighted by atomic mass is 10.1. The molecule has 0 atom stereocenters. The zero-order chi connectivity index (χ0) is 10.6. The number of carbonyl (C=O) groups is 1. The van der Waals surface area contributed by atoms with Crippen LogP contribution in [0.25, 0.3) is 12.7 Å². The minimum Gasteiger partial charge on any atom is -0.300 e. The summed E-state index contributed by atoms with van der Waals surface area (Å²) < 4.78 is 0. The van der Waals surface area contributed by atoms with Crippen molar-refractivity contribution in [3.05, 3.63) is 46.9 Å². The monoisotopic (exact) mass is 186 g/mol. The van der Waals surface area contributed by atoms with Gasteiger partial charge in [0.25, 0.3) is 0 Å². The summed E-state index contributed by atoms with van der Waals surface area (Å²) in [6.07, 6.45) is 4.07. The first kappa shape index (κ1) is 10.5. The molecule has 0 fully saturated rings. The molecule has 1 aromatic carbocycles. The Labute approximate surface area is 84.1 Å². The molecule has 0 saturated carbocycles. The lowest BCUT2D eigenvalue weighted by Crippen LogP contribution is -2.27. The van der Waals surface area contributed by atoms with E-state index in [4.69, 9.17) is 0 Å². The van der Waals surface area contributed by atoms with Crippen molar-refractivity contribution in [2.75, 3.05) is 0 Å². The third kappa shape index (κ3) is 2.43. The van der Waals surface area contributed by atoms with E-state index in [9.17, 15) is 4.79 Å². The van der Waals surface area contributed by atoms with Crippen LogP contribution in [-0.2, 0) is 11.2 Å². The lowest BCUT2D eigenvalue weighted by molar-refractivity contribution is -0.116. The van der Waals surface area contributed by atoms with Crippen LogP contribution >= 0.6 is 0 Å². The molecule has 0 bridgehead atoms. The molecule has 0 heterocycles. The van der Waals surface area contributed by atoms with Gasteiger partial charge in [-0.2, -0.15) is 0 Å². The summed E-state index contributed by atoms with van der Waals surface area (Å²) in [5, 5.41) is 1.95. The number of ketones is 1. The van der Waals surface area contributed by atoms with Crippen molar-refractivity contribution < 1.29 is 4.79 Å². The number of hydrogen-bond acceptors (Lipinski definition) is 1. The third-order valence-corrected chi connectivity index (χ3v) is 2.01. The largest absolute Gasteiger partial charge is 0.300 e. The highest BCUT2D eigenvalue weighted by molar-refractivity contribution is 5.78. The number of Topliss-reactive ketones (excluding diaryl/α,β-unsaturated/α-hetero) is 1. The van der Waals surface area contributed by atoms with Crippen molar-refractivity contribution >= 4 is 18.4 Å². The van der Waals surface area contributed by atoms with Gasteiger partial charge in [0.1, 0.15) is 5.78 Å². The molecule has 14 heavy (non-hydrogen) atoms. The van der Waals surface area contributed by atoms with E-state index in [1.165, 1.54) is 0 Å². The Balaban J connectivity index is 3.36. The maximum atomic E-state index is 11.0. The number of carbonyl (C=O) groups excluding carboxylic acids is 1. The first-order valence-electron chi connectivity index (χ1n) is 4.54. The maximum absolute atomic E-state index is 11.0. The van der Waals surface area contributed by atoms with E-state index >= 15 is 0 Å². The normalized spacial score (nSPS) is 11.4. The van der Waals surface area contributed by atoms with Crippen molar-refractivity contribution in [3.8, 4) is 0 Å². The molecule has 0 amide bonds. The van der Waals surface area contributed by atoms with E-state index in [-0.39, 0.29) is 5.78 Å². The molecule has 1 aromatic rings.